The van der Waals surface area contributed by atoms with Crippen molar-refractivity contribution in [2.75, 3.05) is 20.7 Å². The summed E-state index contributed by atoms with van der Waals surface area (Å²) in [7, 11) is 5.88. The summed E-state index contributed by atoms with van der Waals surface area (Å²) in [5, 5.41) is 4.67. The lowest BCUT2D eigenvalue weighted by Gasteiger charge is -2.13. The smallest absolute Gasteiger partial charge is 0.119 e. The van der Waals surface area contributed by atoms with E-state index < -0.39 is 0 Å². The molecule has 1 aliphatic carbocycles. The molecular formula is C15H20N2O. The molecule has 1 N–H and O–H groups in total. The van der Waals surface area contributed by atoms with Gasteiger partial charge in [0.1, 0.15) is 5.75 Å². The highest BCUT2D eigenvalue weighted by molar-refractivity contribution is 5.87. The van der Waals surface area contributed by atoms with E-state index in [2.05, 4.69) is 35.3 Å². The summed E-state index contributed by atoms with van der Waals surface area (Å²) in [5.74, 6) is 0.940. The highest BCUT2D eigenvalue weighted by Gasteiger charge is 2.45. The largest absolute Gasteiger partial charge is 0.497 e. The Kier molecular flexibility index (Phi) is 2.59. The van der Waals surface area contributed by atoms with Crippen LogP contribution in [-0.2, 0) is 12.5 Å². The van der Waals surface area contributed by atoms with Gasteiger partial charge in [-0.15, -0.1) is 0 Å². The van der Waals surface area contributed by atoms with Gasteiger partial charge in [-0.2, -0.15) is 0 Å². The van der Waals surface area contributed by atoms with Gasteiger partial charge in [0.25, 0.3) is 0 Å². The second kappa shape index (κ2) is 4.02. The number of nitrogens with zero attached hydrogens (tertiary/aromatic N) is 1. The molecule has 1 aromatic carbocycles. The third-order valence-electron chi connectivity index (χ3n) is 4.14. The van der Waals surface area contributed by atoms with Gasteiger partial charge in [0.2, 0.25) is 0 Å². The number of benzene rings is 1. The number of likely N-dealkylation sites (N-methyl/N-ethyl adjacent to an activating group) is 1. The average Bonchev–Trinajstić information content (AvgIpc) is 3.08. The number of nitrogens with one attached hydrogen (secondary N) is 1. The summed E-state index contributed by atoms with van der Waals surface area (Å²) in [4.78, 5) is 0. The van der Waals surface area contributed by atoms with Crippen molar-refractivity contribution in [2.24, 2.45) is 7.05 Å². The Morgan fingerprint density at radius 3 is 2.78 bits per heavy atom. The first kappa shape index (κ1) is 11.6. The molecule has 1 aliphatic rings. The normalized spacial score (nSPS) is 17.1. The van der Waals surface area contributed by atoms with Crippen molar-refractivity contribution in [1.82, 2.24) is 9.88 Å². The maximum atomic E-state index is 5.35. The number of hydrogen-bond acceptors (Lipinski definition) is 2. The summed E-state index contributed by atoms with van der Waals surface area (Å²) in [6.07, 6.45) is 4.85. The fourth-order valence-corrected chi connectivity index (χ4v) is 2.95. The molecule has 2 aromatic rings. The summed E-state index contributed by atoms with van der Waals surface area (Å²) in [5.41, 5.74) is 3.10. The lowest BCUT2D eigenvalue weighted by molar-refractivity contribution is 0.415. The summed E-state index contributed by atoms with van der Waals surface area (Å²) >= 11 is 0. The summed E-state index contributed by atoms with van der Waals surface area (Å²) in [6.45, 7) is 1.06. The monoisotopic (exact) mass is 244 g/mol. The average molecular weight is 244 g/mol. The van der Waals surface area contributed by atoms with Crippen molar-refractivity contribution in [3.05, 3.63) is 30.0 Å². The van der Waals surface area contributed by atoms with Gasteiger partial charge in [-0.1, -0.05) is 0 Å². The number of methoxy groups -OCH3 is 1. The molecule has 0 aliphatic heterocycles. The summed E-state index contributed by atoms with van der Waals surface area (Å²) < 4.78 is 7.58. The SMILES string of the molecule is CNCC1(c2cn(C)c3ccc(OC)cc23)CC1. The molecule has 3 rings (SSSR count). The van der Waals surface area contributed by atoms with E-state index in [0.29, 0.717) is 5.41 Å². The molecular weight excluding hydrogens is 224 g/mol. The number of aryl methyl sites for hydroxylation is 1. The van der Waals surface area contributed by atoms with Gasteiger partial charge in [-0.25, -0.2) is 0 Å². The van der Waals surface area contributed by atoms with Crippen molar-refractivity contribution in [1.29, 1.82) is 0 Å². The van der Waals surface area contributed by atoms with Crippen LogP contribution in [-0.4, -0.2) is 25.3 Å². The molecule has 1 fully saturated rings. The highest BCUT2D eigenvalue weighted by Crippen LogP contribution is 2.50. The number of rotatable bonds is 4. The topological polar surface area (TPSA) is 26.2 Å². The van der Waals surface area contributed by atoms with Crippen LogP contribution in [0.25, 0.3) is 10.9 Å². The van der Waals surface area contributed by atoms with Crippen molar-refractivity contribution in [3.63, 3.8) is 0 Å². The zero-order chi connectivity index (χ0) is 12.8. The van der Waals surface area contributed by atoms with Crippen LogP contribution in [0.4, 0.5) is 0 Å². The molecule has 1 aromatic heterocycles. The van der Waals surface area contributed by atoms with Gasteiger partial charge < -0.3 is 14.6 Å². The molecule has 0 amide bonds. The van der Waals surface area contributed by atoms with Gasteiger partial charge in [0, 0.05) is 36.1 Å². The fourth-order valence-electron chi connectivity index (χ4n) is 2.95. The zero-order valence-corrected chi connectivity index (χ0v) is 11.3. The molecule has 0 atom stereocenters. The quantitative estimate of drug-likeness (QED) is 0.894. The van der Waals surface area contributed by atoms with E-state index in [1.54, 1.807) is 7.11 Å². The van der Waals surface area contributed by atoms with Crippen LogP contribution in [0.1, 0.15) is 18.4 Å². The number of fused-ring (bicyclic) bond motifs is 1. The third-order valence-corrected chi connectivity index (χ3v) is 4.14. The van der Waals surface area contributed by atoms with Crippen LogP contribution in [0.2, 0.25) is 0 Å². The van der Waals surface area contributed by atoms with Crippen LogP contribution in [0.3, 0.4) is 0 Å². The molecule has 96 valence electrons. The molecule has 0 radical (unpaired) electrons. The first-order chi connectivity index (χ1) is 8.70. The van der Waals surface area contributed by atoms with E-state index in [0.717, 1.165) is 12.3 Å². The Balaban J connectivity index is 2.17. The molecule has 3 heteroatoms. The van der Waals surface area contributed by atoms with E-state index in [1.807, 2.05) is 13.1 Å². The number of ether oxygens (including phenoxy) is 1. The first-order valence-corrected chi connectivity index (χ1v) is 6.48. The molecule has 0 unspecified atom stereocenters. The summed E-state index contributed by atoms with van der Waals surface area (Å²) in [6, 6.07) is 6.34. The molecule has 1 saturated carbocycles. The Morgan fingerprint density at radius 2 is 2.17 bits per heavy atom. The molecule has 1 heterocycles. The minimum atomic E-state index is 0.348. The lowest BCUT2D eigenvalue weighted by Crippen LogP contribution is -2.23. The second-order valence-electron chi connectivity index (χ2n) is 5.35. The van der Waals surface area contributed by atoms with Crippen LogP contribution in [0.15, 0.2) is 24.4 Å². The molecule has 3 nitrogen and oxygen atoms in total. The van der Waals surface area contributed by atoms with E-state index in [9.17, 15) is 0 Å². The Bertz CT molecular complexity index is 581. The second-order valence-corrected chi connectivity index (χ2v) is 5.35. The van der Waals surface area contributed by atoms with E-state index >= 15 is 0 Å². The molecule has 0 saturated heterocycles. The van der Waals surface area contributed by atoms with E-state index in [-0.39, 0.29) is 0 Å². The minimum Gasteiger partial charge on any atom is -0.497 e. The van der Waals surface area contributed by atoms with Gasteiger partial charge in [-0.05, 0) is 43.7 Å². The van der Waals surface area contributed by atoms with Crippen molar-refractivity contribution in [2.45, 2.75) is 18.3 Å². The van der Waals surface area contributed by atoms with Crippen LogP contribution < -0.4 is 10.1 Å². The predicted octanol–water partition coefficient (Wildman–Crippen LogP) is 2.44. The van der Waals surface area contributed by atoms with Crippen LogP contribution >= 0.6 is 0 Å². The van der Waals surface area contributed by atoms with Gasteiger partial charge in [-0.3, -0.25) is 0 Å². The third kappa shape index (κ3) is 1.62. The van der Waals surface area contributed by atoms with Gasteiger partial charge in [0.05, 0.1) is 7.11 Å². The van der Waals surface area contributed by atoms with Crippen LogP contribution in [0.5, 0.6) is 5.75 Å². The predicted molar refractivity (Wildman–Crippen MR) is 74.3 cm³/mol. The van der Waals surface area contributed by atoms with E-state index in [1.165, 1.54) is 29.3 Å². The fraction of sp³-hybridized carbons (Fsp3) is 0.467. The Morgan fingerprint density at radius 1 is 1.39 bits per heavy atom. The Labute approximate surface area is 108 Å². The van der Waals surface area contributed by atoms with E-state index in [4.69, 9.17) is 4.74 Å². The number of aromatic nitrogens is 1. The van der Waals surface area contributed by atoms with Gasteiger partial charge in [0.15, 0.2) is 0 Å². The van der Waals surface area contributed by atoms with Crippen molar-refractivity contribution in [3.8, 4) is 5.75 Å². The minimum absolute atomic E-state index is 0.348. The maximum absolute atomic E-state index is 5.35. The lowest BCUT2D eigenvalue weighted by atomic mass is 9.95. The Hall–Kier alpha value is -1.48. The molecule has 0 spiro atoms. The standard InChI is InChI=1S/C15H20N2O/c1-16-10-15(6-7-15)13-9-17(2)14-5-4-11(18-3)8-12(13)14/h4-5,8-9,16H,6-7,10H2,1-3H3. The number of hydrogen-bond donors (Lipinski definition) is 1. The zero-order valence-electron chi connectivity index (χ0n) is 11.3. The molecule has 0 bridgehead atoms. The first-order valence-electron chi connectivity index (χ1n) is 6.48. The van der Waals surface area contributed by atoms with Gasteiger partial charge >= 0.3 is 0 Å². The highest BCUT2D eigenvalue weighted by atomic mass is 16.5. The molecule has 18 heavy (non-hydrogen) atoms. The maximum Gasteiger partial charge on any atom is 0.119 e. The van der Waals surface area contributed by atoms with Crippen LogP contribution in [0, 0.1) is 0 Å². The van der Waals surface area contributed by atoms with Crippen molar-refractivity contribution < 1.29 is 4.74 Å². The van der Waals surface area contributed by atoms with Crippen molar-refractivity contribution >= 4 is 10.9 Å².